The molecule has 0 bridgehead atoms. The summed E-state index contributed by atoms with van der Waals surface area (Å²) >= 11 is 3.52. The molecule has 19 heavy (non-hydrogen) atoms. The molecule has 0 atom stereocenters. The van der Waals surface area contributed by atoms with E-state index in [0.717, 1.165) is 32.6 Å². The number of rotatable bonds is 3. The number of carbonyl (C=O) groups is 1. The van der Waals surface area contributed by atoms with Crippen LogP contribution in [0.25, 0.3) is 0 Å². The number of carbonyl (C=O) groups excluding carboxylic acids is 1. The Bertz CT molecular complexity index is 621. The lowest BCUT2D eigenvalue weighted by atomic mass is 10.0. The summed E-state index contributed by atoms with van der Waals surface area (Å²) in [6.07, 6.45) is 0.387. The summed E-state index contributed by atoms with van der Waals surface area (Å²) in [4.78, 5) is 12.3. The van der Waals surface area contributed by atoms with Crippen molar-refractivity contribution in [1.82, 2.24) is 9.78 Å². The molecule has 0 aliphatic heterocycles. The van der Waals surface area contributed by atoms with Crippen molar-refractivity contribution in [2.45, 2.75) is 27.2 Å². The molecule has 100 valence electrons. The Morgan fingerprint density at radius 1 is 1.21 bits per heavy atom. The molecule has 2 aromatic rings. The number of benzene rings is 1. The van der Waals surface area contributed by atoms with Crippen molar-refractivity contribution >= 4 is 21.7 Å². The third-order valence-electron chi connectivity index (χ3n) is 3.20. The lowest BCUT2D eigenvalue weighted by Crippen LogP contribution is -2.08. The Hall–Kier alpha value is -1.42. The average molecular weight is 321 g/mol. The van der Waals surface area contributed by atoms with Crippen LogP contribution in [0, 0.1) is 20.8 Å². The number of hydrogen-bond donors (Lipinski definition) is 0. The maximum absolute atomic E-state index is 12.3. The third-order valence-corrected chi connectivity index (χ3v) is 4.45. The largest absolute Gasteiger partial charge is 0.294 e. The monoisotopic (exact) mass is 320 g/mol. The van der Waals surface area contributed by atoms with Gasteiger partial charge in [0, 0.05) is 22.8 Å². The summed E-state index contributed by atoms with van der Waals surface area (Å²) < 4.78 is 2.84. The molecule has 0 fully saturated rings. The molecule has 2 rings (SSSR count). The molecule has 0 saturated carbocycles. The number of aromatic nitrogens is 2. The highest BCUT2D eigenvalue weighted by atomic mass is 79.9. The molecule has 0 saturated heterocycles. The van der Waals surface area contributed by atoms with Crippen LogP contribution in [0.15, 0.2) is 22.7 Å². The molecular formula is C15H17BrN2O. The Labute approximate surface area is 121 Å². The summed E-state index contributed by atoms with van der Waals surface area (Å²) in [7, 11) is 1.87. The van der Waals surface area contributed by atoms with E-state index >= 15 is 0 Å². The first-order valence-electron chi connectivity index (χ1n) is 6.18. The lowest BCUT2D eigenvalue weighted by Gasteiger charge is -2.07. The molecule has 0 unspecified atom stereocenters. The smallest absolute Gasteiger partial charge is 0.168 e. The zero-order chi connectivity index (χ0) is 14.2. The Morgan fingerprint density at radius 2 is 1.79 bits per heavy atom. The van der Waals surface area contributed by atoms with Crippen LogP contribution in [0.4, 0.5) is 0 Å². The number of halogens is 1. The van der Waals surface area contributed by atoms with Crippen LogP contribution in [-0.2, 0) is 13.5 Å². The van der Waals surface area contributed by atoms with E-state index < -0.39 is 0 Å². The summed E-state index contributed by atoms with van der Waals surface area (Å²) in [5.41, 5.74) is 4.82. The van der Waals surface area contributed by atoms with Gasteiger partial charge in [-0.3, -0.25) is 9.48 Å². The van der Waals surface area contributed by atoms with Crippen LogP contribution >= 0.6 is 15.9 Å². The third kappa shape index (κ3) is 2.95. The first-order chi connectivity index (χ1) is 8.88. The summed E-state index contributed by atoms with van der Waals surface area (Å²) in [6, 6.07) is 5.82. The fourth-order valence-electron chi connectivity index (χ4n) is 2.20. The normalized spacial score (nSPS) is 10.8. The van der Waals surface area contributed by atoms with Crippen LogP contribution in [-0.4, -0.2) is 15.6 Å². The van der Waals surface area contributed by atoms with Gasteiger partial charge in [-0.15, -0.1) is 0 Å². The van der Waals surface area contributed by atoms with Gasteiger partial charge in [0.15, 0.2) is 5.78 Å². The summed E-state index contributed by atoms with van der Waals surface area (Å²) in [5.74, 6) is 0.127. The predicted molar refractivity (Wildman–Crippen MR) is 79.6 cm³/mol. The topological polar surface area (TPSA) is 34.9 Å². The maximum atomic E-state index is 12.3. The van der Waals surface area contributed by atoms with Crippen molar-refractivity contribution in [3.63, 3.8) is 0 Å². The van der Waals surface area contributed by atoms with Gasteiger partial charge >= 0.3 is 0 Å². The van der Waals surface area contributed by atoms with Crippen molar-refractivity contribution in [2.75, 3.05) is 0 Å². The van der Waals surface area contributed by atoms with Gasteiger partial charge in [0.1, 0.15) is 0 Å². The van der Waals surface area contributed by atoms with Gasteiger partial charge in [-0.2, -0.15) is 5.10 Å². The first-order valence-corrected chi connectivity index (χ1v) is 6.97. The second-order valence-corrected chi connectivity index (χ2v) is 5.72. The van der Waals surface area contributed by atoms with Gasteiger partial charge in [0.05, 0.1) is 12.1 Å². The second-order valence-electron chi connectivity index (χ2n) is 4.92. The van der Waals surface area contributed by atoms with Crippen LogP contribution in [0.3, 0.4) is 0 Å². The summed E-state index contributed by atoms with van der Waals surface area (Å²) in [5, 5.41) is 4.26. The fraction of sp³-hybridized carbons (Fsp3) is 0.333. The fourth-order valence-corrected chi connectivity index (χ4v) is 2.43. The van der Waals surface area contributed by atoms with E-state index in [0.29, 0.717) is 6.42 Å². The highest BCUT2D eigenvalue weighted by Crippen LogP contribution is 2.23. The molecule has 1 aromatic heterocycles. The van der Waals surface area contributed by atoms with Gasteiger partial charge < -0.3 is 0 Å². The molecule has 0 aliphatic carbocycles. The molecule has 0 spiro atoms. The molecule has 0 amide bonds. The van der Waals surface area contributed by atoms with E-state index in [9.17, 15) is 4.79 Å². The zero-order valence-corrected chi connectivity index (χ0v) is 13.2. The van der Waals surface area contributed by atoms with Gasteiger partial charge in [-0.25, -0.2) is 0 Å². The van der Waals surface area contributed by atoms with E-state index in [1.54, 1.807) is 4.68 Å². The molecule has 3 nitrogen and oxygen atoms in total. The first kappa shape index (κ1) is 14.0. The van der Waals surface area contributed by atoms with Gasteiger partial charge in [0.2, 0.25) is 0 Å². The molecule has 0 radical (unpaired) electrons. The van der Waals surface area contributed by atoms with Crippen molar-refractivity contribution in [3.8, 4) is 0 Å². The number of Topliss-reactive ketones (excluding diaryl/α,β-unsaturated/α-hetero) is 1. The van der Waals surface area contributed by atoms with Crippen molar-refractivity contribution in [1.29, 1.82) is 0 Å². The minimum atomic E-state index is 0.127. The average Bonchev–Trinajstić information content (AvgIpc) is 2.64. The van der Waals surface area contributed by atoms with Gasteiger partial charge in [-0.1, -0.05) is 15.9 Å². The highest BCUT2D eigenvalue weighted by Gasteiger charge is 2.13. The van der Waals surface area contributed by atoms with E-state index in [4.69, 9.17) is 0 Å². The minimum absolute atomic E-state index is 0.127. The molecule has 0 N–H and O–H groups in total. The zero-order valence-electron chi connectivity index (χ0n) is 11.6. The Morgan fingerprint density at radius 3 is 2.26 bits per heavy atom. The minimum Gasteiger partial charge on any atom is -0.294 e. The van der Waals surface area contributed by atoms with Crippen molar-refractivity contribution in [2.24, 2.45) is 7.05 Å². The predicted octanol–water partition coefficient (Wildman–Crippen LogP) is 3.53. The number of hydrogen-bond acceptors (Lipinski definition) is 2. The Balaban J connectivity index is 2.28. The SMILES string of the molecule is Cc1cc(CC(=O)c2cc(C)c(Br)c(C)c2)n(C)n1. The molecular weight excluding hydrogens is 304 g/mol. The van der Waals surface area contributed by atoms with E-state index in [2.05, 4.69) is 21.0 Å². The second kappa shape index (κ2) is 5.29. The van der Waals surface area contributed by atoms with Gasteiger partial charge in [0.25, 0.3) is 0 Å². The van der Waals surface area contributed by atoms with Crippen LogP contribution in [0.2, 0.25) is 0 Å². The number of aryl methyl sites for hydroxylation is 4. The van der Waals surface area contributed by atoms with Gasteiger partial charge in [-0.05, 0) is 50.1 Å². The van der Waals surface area contributed by atoms with E-state index in [1.165, 1.54) is 0 Å². The molecule has 0 aliphatic rings. The van der Waals surface area contributed by atoms with Crippen molar-refractivity contribution < 1.29 is 4.79 Å². The maximum Gasteiger partial charge on any atom is 0.168 e. The van der Waals surface area contributed by atoms with E-state index in [-0.39, 0.29) is 5.78 Å². The van der Waals surface area contributed by atoms with E-state index in [1.807, 2.05) is 46.0 Å². The standard InChI is InChI=1S/C15H17BrN2O/c1-9-5-12(6-10(2)15(9)16)14(19)8-13-7-11(3)17-18(13)4/h5-7H,8H2,1-4H3. The van der Waals surface area contributed by atoms with Crippen LogP contribution in [0.5, 0.6) is 0 Å². The van der Waals surface area contributed by atoms with Crippen LogP contribution in [0.1, 0.15) is 32.9 Å². The molecule has 4 heteroatoms. The molecule has 1 heterocycles. The van der Waals surface area contributed by atoms with Crippen molar-refractivity contribution in [3.05, 3.63) is 50.8 Å². The summed E-state index contributed by atoms with van der Waals surface area (Å²) in [6.45, 7) is 5.94. The quantitative estimate of drug-likeness (QED) is 0.811. The Kier molecular flexibility index (Phi) is 3.90. The lowest BCUT2D eigenvalue weighted by molar-refractivity contribution is 0.0990. The van der Waals surface area contributed by atoms with Crippen LogP contribution < -0.4 is 0 Å². The number of ketones is 1. The highest BCUT2D eigenvalue weighted by molar-refractivity contribution is 9.10. The number of nitrogens with zero attached hydrogens (tertiary/aromatic N) is 2. The molecule has 1 aromatic carbocycles.